The number of aliphatic carboxylic acids is 1. The average Bonchev–Trinajstić information content (AvgIpc) is 3.57. The maximum absolute atomic E-state index is 12.9. The lowest BCUT2D eigenvalue weighted by molar-refractivity contribution is -0.142. The van der Waals surface area contributed by atoms with E-state index < -0.39 is 29.6 Å². The molecule has 1 saturated carbocycles. The minimum absolute atomic E-state index is 0.0865. The number of hydrogen-bond acceptors (Lipinski definition) is 4. The molecule has 1 atom stereocenters. The second-order valence-electron chi connectivity index (χ2n) is 8.69. The number of carboxylic acid groups (broad SMARTS) is 1. The van der Waals surface area contributed by atoms with Gasteiger partial charge in [0.05, 0.1) is 0 Å². The number of rotatable bonds is 7. The van der Waals surface area contributed by atoms with E-state index in [1.165, 1.54) is 0 Å². The van der Waals surface area contributed by atoms with Gasteiger partial charge in [-0.1, -0.05) is 78.9 Å². The zero-order valence-corrected chi connectivity index (χ0v) is 18.4. The van der Waals surface area contributed by atoms with Crippen molar-refractivity contribution >= 4 is 18.0 Å². The van der Waals surface area contributed by atoms with Crippen LogP contribution in [0.4, 0.5) is 4.79 Å². The number of carbonyl (C=O) groups is 3. The first-order valence-electron chi connectivity index (χ1n) is 11.2. The van der Waals surface area contributed by atoms with Gasteiger partial charge in [-0.25, -0.2) is 9.59 Å². The van der Waals surface area contributed by atoms with Gasteiger partial charge in [0.25, 0.3) is 0 Å². The summed E-state index contributed by atoms with van der Waals surface area (Å²) in [6.07, 6.45) is 0.148. The summed E-state index contributed by atoms with van der Waals surface area (Å²) in [6, 6.07) is 23.3. The Morgan fingerprint density at radius 3 is 2.00 bits per heavy atom. The van der Waals surface area contributed by atoms with Crippen LogP contribution in [-0.4, -0.2) is 35.2 Å². The molecule has 0 bridgehead atoms. The van der Waals surface area contributed by atoms with Crippen molar-refractivity contribution in [1.82, 2.24) is 10.6 Å². The topological polar surface area (TPSA) is 105 Å². The molecule has 2 amide bonds. The molecule has 3 aromatic carbocycles. The van der Waals surface area contributed by atoms with Gasteiger partial charge < -0.3 is 20.5 Å². The van der Waals surface area contributed by atoms with Crippen LogP contribution in [0.3, 0.4) is 0 Å². The van der Waals surface area contributed by atoms with E-state index >= 15 is 0 Å². The molecule has 3 aromatic rings. The number of benzene rings is 3. The molecule has 0 spiro atoms. The van der Waals surface area contributed by atoms with E-state index in [2.05, 4.69) is 22.8 Å². The van der Waals surface area contributed by atoms with Gasteiger partial charge in [0.2, 0.25) is 5.91 Å². The number of nitrogens with one attached hydrogen (secondary N) is 2. The third-order valence-electron chi connectivity index (χ3n) is 6.52. The highest BCUT2D eigenvalue weighted by Gasteiger charge is 2.52. The minimum Gasteiger partial charge on any atom is -0.479 e. The van der Waals surface area contributed by atoms with Crippen molar-refractivity contribution in [3.8, 4) is 11.1 Å². The second kappa shape index (κ2) is 8.67. The van der Waals surface area contributed by atoms with Crippen LogP contribution in [-0.2, 0) is 14.3 Å². The molecule has 1 fully saturated rings. The largest absolute Gasteiger partial charge is 0.479 e. The molecule has 0 aliphatic heterocycles. The van der Waals surface area contributed by atoms with Crippen molar-refractivity contribution in [2.75, 3.05) is 6.61 Å². The Kier molecular flexibility index (Phi) is 5.53. The van der Waals surface area contributed by atoms with Gasteiger partial charge in [-0.05, 0) is 40.7 Å². The zero-order chi connectivity index (χ0) is 23.7. The molecule has 2 aliphatic rings. The van der Waals surface area contributed by atoms with Crippen LogP contribution in [0.1, 0.15) is 41.5 Å². The second-order valence-corrected chi connectivity index (χ2v) is 8.69. The fourth-order valence-corrected chi connectivity index (χ4v) is 4.57. The van der Waals surface area contributed by atoms with Crippen molar-refractivity contribution in [2.24, 2.45) is 0 Å². The van der Waals surface area contributed by atoms with E-state index in [0.29, 0.717) is 18.4 Å². The average molecular weight is 456 g/mol. The quantitative estimate of drug-likeness (QED) is 0.499. The molecule has 2 aliphatic carbocycles. The Morgan fingerprint density at radius 1 is 0.882 bits per heavy atom. The minimum atomic E-state index is -1.20. The number of fused-ring (bicyclic) bond motifs is 3. The standard InChI is InChI=1S/C27H24N2O5/c30-24(31)23(17-8-2-1-3-9-17)28-25(32)27(14-15-27)29-26(33)34-16-22-20-12-6-4-10-18(20)19-11-5-7-13-21(19)22/h1-13,22-23H,14-16H2,(H,28,32)(H,29,33)(H,30,31)/t23-/m1/s1. The van der Waals surface area contributed by atoms with Crippen molar-refractivity contribution < 1.29 is 24.2 Å². The molecule has 5 rings (SSSR count). The number of amides is 2. The summed E-state index contributed by atoms with van der Waals surface area (Å²) < 4.78 is 5.56. The third kappa shape index (κ3) is 4.01. The molecule has 172 valence electrons. The van der Waals surface area contributed by atoms with E-state index in [9.17, 15) is 19.5 Å². The molecule has 0 radical (unpaired) electrons. The first kappa shape index (κ1) is 21.7. The number of ether oxygens (including phenoxy) is 1. The zero-order valence-electron chi connectivity index (χ0n) is 18.4. The number of hydrogen-bond donors (Lipinski definition) is 3. The van der Waals surface area contributed by atoms with E-state index in [1.807, 2.05) is 36.4 Å². The molecule has 0 heterocycles. The van der Waals surface area contributed by atoms with Gasteiger partial charge >= 0.3 is 12.1 Å². The Bertz CT molecular complexity index is 1210. The van der Waals surface area contributed by atoms with Gasteiger partial charge in [0.15, 0.2) is 6.04 Å². The summed E-state index contributed by atoms with van der Waals surface area (Å²) in [7, 11) is 0. The summed E-state index contributed by atoms with van der Waals surface area (Å²) in [4.78, 5) is 37.3. The molecule has 0 saturated heterocycles. The SMILES string of the molecule is O=C(NC1(C(=O)N[C@@H](C(=O)O)c2ccccc2)CC1)OCC1c2ccccc2-c2ccccc21. The lowest BCUT2D eigenvalue weighted by Crippen LogP contribution is -2.51. The van der Waals surface area contributed by atoms with Gasteiger partial charge in [0, 0.05) is 5.92 Å². The van der Waals surface area contributed by atoms with Gasteiger partial charge in [-0.15, -0.1) is 0 Å². The van der Waals surface area contributed by atoms with Gasteiger partial charge in [-0.3, -0.25) is 4.79 Å². The van der Waals surface area contributed by atoms with Crippen molar-refractivity contribution in [1.29, 1.82) is 0 Å². The van der Waals surface area contributed by atoms with Crippen LogP contribution in [0, 0.1) is 0 Å². The normalized spacial score (nSPS) is 16.0. The van der Waals surface area contributed by atoms with Crippen LogP contribution >= 0.6 is 0 Å². The number of carboxylic acids is 1. The summed E-state index contributed by atoms with van der Waals surface area (Å²) in [5.74, 6) is -1.79. The molecule has 7 nitrogen and oxygen atoms in total. The van der Waals surface area contributed by atoms with Crippen LogP contribution in [0.2, 0.25) is 0 Å². The lowest BCUT2D eigenvalue weighted by atomic mass is 9.98. The van der Waals surface area contributed by atoms with Crippen LogP contribution in [0.15, 0.2) is 78.9 Å². The predicted molar refractivity (Wildman–Crippen MR) is 125 cm³/mol. The Morgan fingerprint density at radius 2 is 1.44 bits per heavy atom. The highest BCUT2D eigenvalue weighted by molar-refractivity contribution is 5.95. The molecular weight excluding hydrogens is 432 g/mol. The molecular formula is C27H24N2O5. The Hall–Kier alpha value is -4.13. The first-order valence-corrected chi connectivity index (χ1v) is 11.2. The van der Waals surface area contributed by atoms with E-state index in [0.717, 1.165) is 22.3 Å². The molecule has 7 heteroatoms. The maximum atomic E-state index is 12.9. The Labute approximate surface area is 196 Å². The summed E-state index contributed by atoms with van der Waals surface area (Å²) in [5, 5.41) is 14.8. The maximum Gasteiger partial charge on any atom is 0.408 e. The van der Waals surface area contributed by atoms with Crippen LogP contribution in [0.25, 0.3) is 11.1 Å². The first-order chi connectivity index (χ1) is 16.5. The summed E-state index contributed by atoms with van der Waals surface area (Å²) in [5.41, 5.74) is 3.77. The van der Waals surface area contributed by atoms with Gasteiger partial charge in [-0.2, -0.15) is 0 Å². The predicted octanol–water partition coefficient (Wildman–Crippen LogP) is 4.00. The summed E-state index contributed by atoms with van der Waals surface area (Å²) >= 11 is 0. The van der Waals surface area contributed by atoms with Gasteiger partial charge in [0.1, 0.15) is 12.1 Å². The molecule has 0 unspecified atom stereocenters. The fraction of sp³-hybridized carbons (Fsp3) is 0.222. The molecule has 3 N–H and O–H groups in total. The van der Waals surface area contributed by atoms with Crippen molar-refractivity contribution in [3.63, 3.8) is 0 Å². The highest BCUT2D eigenvalue weighted by atomic mass is 16.5. The van der Waals surface area contributed by atoms with Crippen molar-refractivity contribution in [2.45, 2.75) is 30.3 Å². The van der Waals surface area contributed by atoms with Crippen LogP contribution in [0.5, 0.6) is 0 Å². The third-order valence-corrected chi connectivity index (χ3v) is 6.52. The lowest BCUT2D eigenvalue weighted by Gasteiger charge is -2.21. The summed E-state index contributed by atoms with van der Waals surface area (Å²) in [6.45, 7) is 0.138. The molecule has 34 heavy (non-hydrogen) atoms. The van der Waals surface area contributed by atoms with Crippen molar-refractivity contribution in [3.05, 3.63) is 95.6 Å². The Balaban J connectivity index is 1.24. The van der Waals surface area contributed by atoms with Crippen LogP contribution < -0.4 is 10.6 Å². The van der Waals surface area contributed by atoms with E-state index in [1.54, 1.807) is 30.3 Å². The highest BCUT2D eigenvalue weighted by Crippen LogP contribution is 2.44. The smallest absolute Gasteiger partial charge is 0.408 e. The molecule has 0 aromatic heterocycles. The monoisotopic (exact) mass is 456 g/mol. The van der Waals surface area contributed by atoms with E-state index in [-0.39, 0.29) is 12.5 Å². The fourth-order valence-electron chi connectivity index (χ4n) is 4.57. The number of carbonyl (C=O) groups excluding carboxylic acids is 2. The number of alkyl carbamates (subject to hydrolysis) is 1. The van der Waals surface area contributed by atoms with E-state index in [4.69, 9.17) is 4.74 Å².